The van der Waals surface area contributed by atoms with E-state index in [9.17, 15) is 9.50 Å². The summed E-state index contributed by atoms with van der Waals surface area (Å²) in [6.45, 7) is 12.1. The number of aliphatic hydroxyl groups is 1. The first-order valence-electron chi connectivity index (χ1n) is 16.2. The average Bonchev–Trinajstić information content (AvgIpc) is 3.37. The topological polar surface area (TPSA) is 66.4 Å². The number of methoxy groups -OCH3 is 2. The first-order chi connectivity index (χ1) is 22.7. The number of hydrogen-bond acceptors (Lipinski definition) is 6. The van der Waals surface area contributed by atoms with Gasteiger partial charge in [-0.25, -0.2) is 8.78 Å². The number of hydrogen-bond donors (Lipinski definition) is 1. The molecule has 256 valence electrons. The van der Waals surface area contributed by atoms with Gasteiger partial charge in [-0.3, -0.25) is 0 Å². The Morgan fingerprint density at radius 1 is 0.771 bits per heavy atom. The fourth-order valence-electron chi connectivity index (χ4n) is 5.97. The van der Waals surface area contributed by atoms with Crippen LogP contribution in [-0.4, -0.2) is 52.6 Å². The Bertz CT molecular complexity index is 1620. The lowest BCUT2D eigenvalue weighted by Gasteiger charge is -2.41. The second-order valence-electron chi connectivity index (χ2n) is 13.9. The molecule has 1 aliphatic heterocycles. The Morgan fingerprint density at radius 2 is 1.29 bits per heavy atom. The SMILES string of the molecule is COc1ccc(C(OC[C@H]2O[C@@H](c3cc(C)c(F)cc3F)C(O)[C@@H]2O[Si](C)(C)C(C)(C)C)(c2ccccc2)c2ccc(OC)cc2)cc1. The summed E-state index contributed by atoms with van der Waals surface area (Å²) < 4.78 is 61.0. The molecule has 4 aromatic carbocycles. The highest BCUT2D eigenvalue weighted by molar-refractivity contribution is 6.74. The molecule has 0 bridgehead atoms. The lowest BCUT2D eigenvalue weighted by Crippen LogP contribution is -2.50. The van der Waals surface area contributed by atoms with Crippen LogP contribution >= 0.6 is 0 Å². The second kappa shape index (κ2) is 14.1. The molecule has 0 saturated carbocycles. The van der Waals surface area contributed by atoms with E-state index in [0.29, 0.717) is 11.5 Å². The van der Waals surface area contributed by atoms with Crippen molar-refractivity contribution in [1.29, 1.82) is 0 Å². The molecular weight excluding hydrogens is 631 g/mol. The normalized spacial score (nSPS) is 20.1. The Kier molecular flexibility index (Phi) is 10.5. The monoisotopic (exact) mass is 676 g/mol. The number of aryl methyl sites for hydroxylation is 1. The minimum atomic E-state index is -2.48. The molecule has 6 nitrogen and oxygen atoms in total. The lowest BCUT2D eigenvalue weighted by molar-refractivity contribution is -0.0812. The van der Waals surface area contributed by atoms with Crippen LogP contribution in [0.4, 0.5) is 8.78 Å². The molecule has 4 aromatic rings. The highest BCUT2D eigenvalue weighted by Gasteiger charge is 2.51. The predicted molar refractivity (Wildman–Crippen MR) is 185 cm³/mol. The molecular formula is C39H46F2O6Si. The maximum atomic E-state index is 15.3. The van der Waals surface area contributed by atoms with E-state index in [4.69, 9.17) is 23.4 Å². The largest absolute Gasteiger partial charge is 0.497 e. The standard InChI is InChI=1S/C39H46F2O6Si/c1-25-22-31(33(41)23-32(25)40)36-35(42)37(47-48(7,8)38(2,3)4)34(46-36)24-45-39(26-12-10-9-11-13-26,27-14-18-29(43-5)19-15-27)28-16-20-30(44-6)21-17-28/h9-23,34-37,42H,24H2,1-8H3/t34-,35?,36+,37-/m1/s1. The number of halogens is 2. The van der Waals surface area contributed by atoms with E-state index in [1.807, 2.05) is 78.9 Å². The summed E-state index contributed by atoms with van der Waals surface area (Å²) in [5.74, 6) is -0.0609. The van der Waals surface area contributed by atoms with E-state index in [0.717, 1.165) is 22.8 Å². The number of aliphatic hydroxyl groups excluding tert-OH is 1. The highest BCUT2D eigenvalue weighted by atomic mass is 28.4. The summed E-state index contributed by atoms with van der Waals surface area (Å²) in [5.41, 5.74) is 1.70. The molecule has 4 atom stereocenters. The van der Waals surface area contributed by atoms with Gasteiger partial charge in [0.05, 0.1) is 20.8 Å². The van der Waals surface area contributed by atoms with Gasteiger partial charge in [-0.05, 0) is 77.6 Å². The van der Waals surface area contributed by atoms with Crippen molar-refractivity contribution in [3.8, 4) is 11.5 Å². The van der Waals surface area contributed by atoms with Crippen LogP contribution in [0.3, 0.4) is 0 Å². The molecule has 48 heavy (non-hydrogen) atoms. The van der Waals surface area contributed by atoms with Crippen LogP contribution < -0.4 is 9.47 Å². The van der Waals surface area contributed by atoms with E-state index in [-0.39, 0.29) is 22.8 Å². The summed E-state index contributed by atoms with van der Waals surface area (Å²) in [6, 6.07) is 27.5. The Balaban J connectivity index is 1.62. The summed E-state index contributed by atoms with van der Waals surface area (Å²) >= 11 is 0. The zero-order chi connectivity index (χ0) is 34.9. The number of benzene rings is 4. The van der Waals surface area contributed by atoms with Crippen LogP contribution in [0.1, 0.15) is 54.7 Å². The van der Waals surface area contributed by atoms with Gasteiger partial charge >= 0.3 is 0 Å². The van der Waals surface area contributed by atoms with Crippen LogP contribution in [0.15, 0.2) is 91.0 Å². The van der Waals surface area contributed by atoms with Crippen molar-refractivity contribution in [3.63, 3.8) is 0 Å². The van der Waals surface area contributed by atoms with Crippen molar-refractivity contribution < 1.29 is 37.3 Å². The molecule has 0 radical (unpaired) electrons. The Morgan fingerprint density at radius 3 is 1.79 bits per heavy atom. The van der Waals surface area contributed by atoms with Crippen molar-refractivity contribution in [1.82, 2.24) is 0 Å². The molecule has 1 unspecified atom stereocenters. The second-order valence-corrected chi connectivity index (χ2v) is 18.6. The van der Waals surface area contributed by atoms with Crippen molar-refractivity contribution in [2.24, 2.45) is 0 Å². The van der Waals surface area contributed by atoms with E-state index in [1.54, 1.807) is 21.1 Å². The molecule has 0 aromatic heterocycles. The molecule has 0 aliphatic carbocycles. The van der Waals surface area contributed by atoms with Gasteiger partial charge < -0.3 is 28.5 Å². The van der Waals surface area contributed by atoms with Crippen LogP contribution in [0.25, 0.3) is 0 Å². The predicted octanol–water partition coefficient (Wildman–Crippen LogP) is 8.49. The first kappa shape index (κ1) is 35.7. The van der Waals surface area contributed by atoms with Crippen molar-refractivity contribution in [2.45, 2.75) is 75.8 Å². The lowest BCUT2D eigenvalue weighted by atomic mass is 9.80. The smallest absolute Gasteiger partial charge is 0.192 e. The van der Waals surface area contributed by atoms with E-state index >= 15 is 4.39 Å². The zero-order valence-corrected chi connectivity index (χ0v) is 29.9. The van der Waals surface area contributed by atoms with Crippen LogP contribution in [0.5, 0.6) is 11.5 Å². The maximum Gasteiger partial charge on any atom is 0.192 e. The minimum absolute atomic E-state index is 0.0262. The zero-order valence-electron chi connectivity index (χ0n) is 28.9. The van der Waals surface area contributed by atoms with Crippen LogP contribution in [-0.2, 0) is 19.5 Å². The Hall–Kier alpha value is -3.60. The summed E-state index contributed by atoms with van der Waals surface area (Å²) in [4.78, 5) is 0. The summed E-state index contributed by atoms with van der Waals surface area (Å²) in [7, 11) is 0.753. The van der Waals surface area contributed by atoms with Crippen molar-refractivity contribution in [2.75, 3.05) is 20.8 Å². The van der Waals surface area contributed by atoms with Gasteiger partial charge in [-0.1, -0.05) is 75.4 Å². The average molecular weight is 677 g/mol. The Labute approximate surface area is 283 Å². The fourth-order valence-corrected chi connectivity index (χ4v) is 7.30. The van der Waals surface area contributed by atoms with E-state index < -0.39 is 50.0 Å². The fraction of sp³-hybridized carbons (Fsp3) is 0.385. The van der Waals surface area contributed by atoms with Gasteiger partial charge in [0.25, 0.3) is 0 Å². The summed E-state index contributed by atoms with van der Waals surface area (Å²) in [5, 5.41) is 11.6. The molecule has 0 spiro atoms. The minimum Gasteiger partial charge on any atom is -0.497 e. The van der Waals surface area contributed by atoms with E-state index in [2.05, 4.69) is 33.9 Å². The molecule has 1 heterocycles. The molecule has 5 rings (SSSR count). The van der Waals surface area contributed by atoms with Crippen LogP contribution in [0.2, 0.25) is 18.1 Å². The number of ether oxygens (including phenoxy) is 4. The van der Waals surface area contributed by atoms with Crippen molar-refractivity contribution in [3.05, 3.63) is 130 Å². The quantitative estimate of drug-likeness (QED) is 0.127. The third-order valence-electron chi connectivity index (χ3n) is 9.79. The first-order valence-corrected chi connectivity index (χ1v) is 19.1. The molecule has 9 heteroatoms. The van der Waals surface area contributed by atoms with Crippen LogP contribution in [0, 0.1) is 18.6 Å². The van der Waals surface area contributed by atoms with Gasteiger partial charge in [0.15, 0.2) is 8.32 Å². The third kappa shape index (κ3) is 6.93. The summed E-state index contributed by atoms with van der Waals surface area (Å²) in [6.07, 6.45) is -3.98. The maximum absolute atomic E-state index is 15.3. The number of rotatable bonds is 11. The molecule has 0 amide bonds. The van der Waals surface area contributed by atoms with E-state index in [1.165, 1.54) is 6.07 Å². The third-order valence-corrected chi connectivity index (χ3v) is 14.3. The van der Waals surface area contributed by atoms with Gasteiger partial charge in [0, 0.05) is 11.6 Å². The molecule has 1 fully saturated rings. The molecule has 1 saturated heterocycles. The highest BCUT2D eigenvalue weighted by Crippen LogP contribution is 2.46. The van der Waals surface area contributed by atoms with Gasteiger partial charge in [-0.15, -0.1) is 0 Å². The molecule has 1 N–H and O–H groups in total. The van der Waals surface area contributed by atoms with Gasteiger partial charge in [0.1, 0.15) is 53.2 Å². The van der Waals surface area contributed by atoms with Gasteiger partial charge in [-0.2, -0.15) is 0 Å². The van der Waals surface area contributed by atoms with Gasteiger partial charge in [0.2, 0.25) is 0 Å². The molecule has 1 aliphatic rings. The van der Waals surface area contributed by atoms with Crippen molar-refractivity contribution >= 4 is 8.32 Å².